The predicted molar refractivity (Wildman–Crippen MR) is 92.3 cm³/mol. The van der Waals surface area contributed by atoms with E-state index in [1.165, 1.54) is 0 Å². The van der Waals surface area contributed by atoms with Gasteiger partial charge in [-0.3, -0.25) is 9.59 Å². The molecular weight excluding hydrogens is 300 g/mol. The van der Waals surface area contributed by atoms with Gasteiger partial charge >= 0.3 is 0 Å². The molecular formula is C21H30O3. The quantitative estimate of drug-likeness (QED) is 0.797. The van der Waals surface area contributed by atoms with Gasteiger partial charge in [0.15, 0.2) is 5.78 Å². The van der Waals surface area contributed by atoms with E-state index in [0.717, 1.165) is 44.1 Å². The van der Waals surface area contributed by atoms with E-state index in [0.29, 0.717) is 35.9 Å². The standard InChI is InChI=1S/C21H30O3/c1-12(22)16-6-7-17-15-5-4-13-10-14(23)8-9-20(13,2)18(15)11-19(24)21(16,17)3/h6,13,15,17-19,24H,4-5,7-11H2,1-3H3/t13-,15-,17-,18-,19+,20-,21+/m0/s1. The number of rotatable bonds is 1. The van der Waals surface area contributed by atoms with Gasteiger partial charge in [-0.25, -0.2) is 0 Å². The van der Waals surface area contributed by atoms with Crippen LogP contribution in [0.2, 0.25) is 0 Å². The molecule has 0 heterocycles. The smallest absolute Gasteiger partial charge is 0.156 e. The topological polar surface area (TPSA) is 54.4 Å². The SMILES string of the molecule is CC(=O)C1=CC[C@H]2[C@@H]3CC[C@H]4CC(=O)CC[C@]4(C)[C@H]3C[C@@H](O)[C@]12C. The molecule has 3 fully saturated rings. The number of fused-ring (bicyclic) bond motifs is 5. The van der Waals surface area contributed by atoms with Crippen LogP contribution < -0.4 is 0 Å². The first-order chi connectivity index (χ1) is 11.3. The molecule has 0 bridgehead atoms. The van der Waals surface area contributed by atoms with Gasteiger partial charge in [0.05, 0.1) is 6.10 Å². The average Bonchev–Trinajstić information content (AvgIpc) is 2.88. The number of aliphatic hydroxyl groups excluding tert-OH is 1. The highest BCUT2D eigenvalue weighted by Crippen LogP contribution is 2.66. The molecule has 0 aromatic carbocycles. The molecule has 4 aliphatic carbocycles. The third-order valence-electron chi connectivity index (χ3n) is 8.55. The summed E-state index contributed by atoms with van der Waals surface area (Å²) in [6.07, 6.45) is 8.14. The molecule has 3 nitrogen and oxygen atoms in total. The van der Waals surface area contributed by atoms with Gasteiger partial charge in [0, 0.05) is 18.3 Å². The zero-order chi connectivity index (χ0) is 17.3. The number of hydrogen-bond acceptors (Lipinski definition) is 3. The molecule has 0 aliphatic heterocycles. The van der Waals surface area contributed by atoms with Crippen LogP contribution in [0.3, 0.4) is 0 Å². The summed E-state index contributed by atoms with van der Waals surface area (Å²) in [4.78, 5) is 24.1. The van der Waals surface area contributed by atoms with Gasteiger partial charge in [0.2, 0.25) is 0 Å². The van der Waals surface area contributed by atoms with Crippen LogP contribution in [-0.2, 0) is 9.59 Å². The first kappa shape index (κ1) is 16.5. The number of ketones is 2. The molecule has 4 aliphatic rings. The average molecular weight is 330 g/mol. The Morgan fingerprint density at radius 1 is 1.25 bits per heavy atom. The number of carbonyl (C=O) groups excluding carboxylic acids is 2. The Balaban J connectivity index is 1.68. The van der Waals surface area contributed by atoms with Gasteiger partial charge in [-0.05, 0) is 73.7 Å². The Bertz CT molecular complexity index is 621. The largest absolute Gasteiger partial charge is 0.392 e. The number of allylic oxidation sites excluding steroid dienone is 1. The fourth-order valence-corrected chi connectivity index (χ4v) is 7.12. The maximum atomic E-state index is 12.1. The van der Waals surface area contributed by atoms with E-state index in [-0.39, 0.29) is 16.6 Å². The van der Waals surface area contributed by atoms with Crippen LogP contribution in [0, 0.1) is 34.5 Å². The van der Waals surface area contributed by atoms with Gasteiger partial charge in [0.1, 0.15) is 5.78 Å². The summed E-state index contributed by atoms with van der Waals surface area (Å²) in [5.74, 6) is 2.52. The number of hydrogen-bond donors (Lipinski definition) is 1. The summed E-state index contributed by atoms with van der Waals surface area (Å²) < 4.78 is 0. The highest BCUT2D eigenvalue weighted by molar-refractivity contribution is 5.95. The van der Waals surface area contributed by atoms with E-state index in [1.54, 1.807) is 6.92 Å². The van der Waals surface area contributed by atoms with Crippen molar-refractivity contribution in [3.05, 3.63) is 11.6 Å². The van der Waals surface area contributed by atoms with Crippen molar-refractivity contribution in [2.75, 3.05) is 0 Å². The molecule has 132 valence electrons. The zero-order valence-corrected chi connectivity index (χ0v) is 15.2. The minimum Gasteiger partial charge on any atom is -0.392 e. The van der Waals surface area contributed by atoms with Crippen molar-refractivity contribution in [2.45, 2.75) is 71.8 Å². The predicted octanol–water partition coefficient (Wildman–Crippen LogP) is 3.69. The summed E-state index contributed by atoms with van der Waals surface area (Å²) in [6.45, 7) is 6.14. The van der Waals surface area contributed by atoms with Crippen molar-refractivity contribution in [3.8, 4) is 0 Å². The Morgan fingerprint density at radius 3 is 2.71 bits per heavy atom. The van der Waals surface area contributed by atoms with E-state index in [9.17, 15) is 14.7 Å². The summed E-state index contributed by atoms with van der Waals surface area (Å²) in [7, 11) is 0. The number of aliphatic hydroxyl groups is 1. The molecule has 1 N–H and O–H groups in total. The fraction of sp³-hybridized carbons (Fsp3) is 0.810. The monoisotopic (exact) mass is 330 g/mol. The second-order valence-corrected chi connectivity index (χ2v) is 9.34. The van der Waals surface area contributed by atoms with Gasteiger partial charge in [-0.1, -0.05) is 19.9 Å². The minimum atomic E-state index is -0.436. The van der Waals surface area contributed by atoms with Crippen LogP contribution in [0.4, 0.5) is 0 Å². The third-order valence-corrected chi connectivity index (χ3v) is 8.55. The van der Waals surface area contributed by atoms with Crippen LogP contribution in [0.1, 0.15) is 65.7 Å². The van der Waals surface area contributed by atoms with E-state index in [2.05, 4.69) is 19.9 Å². The lowest BCUT2D eigenvalue weighted by atomic mass is 9.44. The highest BCUT2D eigenvalue weighted by Gasteiger charge is 2.62. The van der Waals surface area contributed by atoms with E-state index in [1.807, 2.05) is 0 Å². The second kappa shape index (κ2) is 5.27. The molecule has 0 amide bonds. The zero-order valence-electron chi connectivity index (χ0n) is 15.2. The molecule has 3 saturated carbocycles. The van der Waals surface area contributed by atoms with Crippen LogP contribution in [0.15, 0.2) is 11.6 Å². The maximum absolute atomic E-state index is 12.1. The summed E-state index contributed by atoms with van der Waals surface area (Å²) in [5.41, 5.74) is 0.697. The van der Waals surface area contributed by atoms with Gasteiger partial charge < -0.3 is 5.11 Å². The molecule has 0 aromatic heterocycles. The van der Waals surface area contributed by atoms with Crippen molar-refractivity contribution in [1.82, 2.24) is 0 Å². The number of carbonyl (C=O) groups is 2. The van der Waals surface area contributed by atoms with Gasteiger partial charge in [-0.2, -0.15) is 0 Å². The third kappa shape index (κ3) is 2.00. The molecule has 0 unspecified atom stereocenters. The molecule has 0 aromatic rings. The lowest BCUT2D eigenvalue weighted by Gasteiger charge is -2.61. The minimum absolute atomic E-state index is 0.126. The first-order valence-electron chi connectivity index (χ1n) is 9.69. The van der Waals surface area contributed by atoms with Crippen molar-refractivity contribution in [2.24, 2.45) is 34.5 Å². The van der Waals surface area contributed by atoms with E-state index >= 15 is 0 Å². The van der Waals surface area contributed by atoms with E-state index in [4.69, 9.17) is 0 Å². The lowest BCUT2D eigenvalue weighted by molar-refractivity contribution is -0.155. The summed E-state index contributed by atoms with van der Waals surface area (Å²) in [6, 6.07) is 0. The molecule has 3 heteroatoms. The Kier molecular flexibility index (Phi) is 3.62. The van der Waals surface area contributed by atoms with Crippen molar-refractivity contribution in [3.63, 3.8) is 0 Å². The summed E-state index contributed by atoms with van der Waals surface area (Å²) >= 11 is 0. The fourth-order valence-electron chi connectivity index (χ4n) is 7.12. The molecule has 24 heavy (non-hydrogen) atoms. The molecule has 0 radical (unpaired) electrons. The molecule has 0 spiro atoms. The molecule has 7 atom stereocenters. The number of Topliss-reactive ketones (excluding diaryl/α,β-unsaturated/α-hetero) is 2. The van der Waals surface area contributed by atoms with E-state index < -0.39 is 6.10 Å². The molecule has 4 rings (SSSR count). The normalized spacial score (nSPS) is 50.6. The van der Waals surface area contributed by atoms with Crippen molar-refractivity contribution in [1.29, 1.82) is 0 Å². The first-order valence-corrected chi connectivity index (χ1v) is 9.69. The van der Waals surface area contributed by atoms with Gasteiger partial charge in [0.25, 0.3) is 0 Å². The molecule has 0 saturated heterocycles. The lowest BCUT2D eigenvalue weighted by Crippen LogP contribution is -2.58. The summed E-state index contributed by atoms with van der Waals surface area (Å²) in [5, 5.41) is 11.1. The Morgan fingerprint density at radius 2 is 2.00 bits per heavy atom. The van der Waals surface area contributed by atoms with Crippen LogP contribution in [0.25, 0.3) is 0 Å². The maximum Gasteiger partial charge on any atom is 0.156 e. The Hall–Kier alpha value is -0.960. The second-order valence-electron chi connectivity index (χ2n) is 9.34. The van der Waals surface area contributed by atoms with Gasteiger partial charge in [-0.15, -0.1) is 0 Å². The van der Waals surface area contributed by atoms with Crippen molar-refractivity contribution >= 4 is 11.6 Å². The van der Waals surface area contributed by atoms with Crippen LogP contribution in [-0.4, -0.2) is 22.8 Å². The Labute approximate surface area is 144 Å². The van der Waals surface area contributed by atoms with Crippen molar-refractivity contribution < 1.29 is 14.7 Å². The van der Waals surface area contributed by atoms with Crippen LogP contribution in [0.5, 0.6) is 0 Å². The van der Waals surface area contributed by atoms with Crippen LogP contribution >= 0.6 is 0 Å². The highest BCUT2D eigenvalue weighted by atomic mass is 16.3.